The Balaban J connectivity index is 1.35. The molecule has 0 saturated carbocycles. The highest BCUT2D eigenvalue weighted by molar-refractivity contribution is 5.98. The summed E-state index contributed by atoms with van der Waals surface area (Å²) in [5.74, 6) is 0.798. The van der Waals surface area contributed by atoms with E-state index in [1.165, 1.54) is 12.4 Å². The highest BCUT2D eigenvalue weighted by Crippen LogP contribution is 2.22. The van der Waals surface area contributed by atoms with Crippen LogP contribution in [-0.4, -0.2) is 68.6 Å². The third-order valence-electron chi connectivity index (χ3n) is 5.77. The minimum Gasteiger partial charge on any atom is -0.354 e. The molecule has 1 aliphatic rings. The molecule has 0 aliphatic carbocycles. The molecule has 32 heavy (non-hydrogen) atoms. The monoisotopic (exact) mass is 430 g/mol. The zero-order chi connectivity index (χ0) is 24.6. The SMILES string of the molecule is [2H]C([2H])([2H])n1cc(-c2cc3cc(CC(=O)c4ccnc(N5CCN(C)CC5)c4)ncc3cn2)cn1. The number of hydrogen-bond donors (Lipinski definition) is 0. The summed E-state index contributed by atoms with van der Waals surface area (Å²) < 4.78 is 23.4. The minimum absolute atomic E-state index is 0.0251. The fraction of sp³-hybridized carbons (Fsp3) is 0.292. The number of fused-ring (bicyclic) bond motifs is 1. The number of carbonyl (C=O) groups is 1. The van der Waals surface area contributed by atoms with Crippen LogP contribution in [0.3, 0.4) is 0 Å². The van der Waals surface area contributed by atoms with Crippen molar-refractivity contribution in [3.05, 3.63) is 66.5 Å². The fourth-order valence-electron chi connectivity index (χ4n) is 3.86. The van der Waals surface area contributed by atoms with E-state index >= 15 is 0 Å². The van der Waals surface area contributed by atoms with Crippen LogP contribution >= 0.6 is 0 Å². The van der Waals surface area contributed by atoms with Crippen molar-refractivity contribution >= 4 is 22.4 Å². The van der Waals surface area contributed by atoms with Gasteiger partial charge < -0.3 is 9.80 Å². The first-order chi connectivity index (χ1) is 16.8. The third-order valence-corrected chi connectivity index (χ3v) is 5.77. The van der Waals surface area contributed by atoms with Crippen LogP contribution in [0.25, 0.3) is 22.0 Å². The van der Waals surface area contributed by atoms with Crippen LogP contribution in [0, 0.1) is 0 Å². The van der Waals surface area contributed by atoms with Crippen LogP contribution in [0.15, 0.2) is 55.2 Å². The number of carbonyl (C=O) groups excluding carboxylic acids is 1. The van der Waals surface area contributed by atoms with Crippen molar-refractivity contribution in [2.75, 3.05) is 38.1 Å². The Labute approximate surface area is 190 Å². The Morgan fingerprint density at radius 3 is 2.69 bits per heavy atom. The van der Waals surface area contributed by atoms with Gasteiger partial charge in [0.1, 0.15) is 5.82 Å². The van der Waals surface area contributed by atoms with E-state index in [4.69, 9.17) is 4.11 Å². The van der Waals surface area contributed by atoms with E-state index in [0.717, 1.165) is 47.5 Å². The molecule has 4 aromatic rings. The summed E-state index contributed by atoms with van der Waals surface area (Å²) in [5, 5.41) is 5.62. The van der Waals surface area contributed by atoms with Crippen LogP contribution < -0.4 is 4.90 Å². The molecule has 8 heteroatoms. The van der Waals surface area contributed by atoms with Crippen molar-refractivity contribution in [3.63, 3.8) is 0 Å². The molecular weight excluding hydrogens is 402 g/mol. The van der Waals surface area contributed by atoms with Gasteiger partial charge in [-0.3, -0.25) is 19.4 Å². The van der Waals surface area contributed by atoms with Crippen molar-refractivity contribution in [1.29, 1.82) is 0 Å². The van der Waals surface area contributed by atoms with Crippen LogP contribution in [0.1, 0.15) is 20.2 Å². The Kier molecular flexibility index (Phi) is 4.49. The zero-order valence-electron chi connectivity index (χ0n) is 20.8. The highest BCUT2D eigenvalue weighted by Gasteiger charge is 2.17. The first-order valence-corrected chi connectivity index (χ1v) is 10.5. The van der Waals surface area contributed by atoms with Crippen LogP contribution in [0.2, 0.25) is 0 Å². The molecule has 5 rings (SSSR count). The summed E-state index contributed by atoms with van der Waals surface area (Å²) in [5.41, 5.74) is 2.47. The van der Waals surface area contributed by atoms with Gasteiger partial charge >= 0.3 is 0 Å². The number of Topliss-reactive ketones (excluding diaryl/α,β-unsaturated/α-hetero) is 1. The van der Waals surface area contributed by atoms with Gasteiger partial charge in [-0.2, -0.15) is 5.10 Å². The molecule has 0 bridgehead atoms. The fourth-order valence-corrected chi connectivity index (χ4v) is 3.86. The second-order valence-electron chi connectivity index (χ2n) is 8.06. The van der Waals surface area contributed by atoms with Crippen LogP contribution in [0.4, 0.5) is 5.82 Å². The summed E-state index contributed by atoms with van der Waals surface area (Å²) >= 11 is 0. The van der Waals surface area contributed by atoms with E-state index in [-0.39, 0.29) is 12.2 Å². The normalized spacial score (nSPS) is 16.5. The van der Waals surface area contributed by atoms with E-state index in [2.05, 4.69) is 36.9 Å². The smallest absolute Gasteiger partial charge is 0.169 e. The lowest BCUT2D eigenvalue weighted by atomic mass is 10.0. The maximum atomic E-state index is 13.1. The number of anilines is 1. The Morgan fingerprint density at radius 2 is 1.88 bits per heavy atom. The molecule has 0 atom stereocenters. The van der Waals surface area contributed by atoms with Gasteiger partial charge in [-0.05, 0) is 36.7 Å². The third kappa shape index (κ3) is 4.22. The molecule has 0 radical (unpaired) electrons. The Hall–Kier alpha value is -3.65. The topological polar surface area (TPSA) is 80.0 Å². The number of ketones is 1. The number of likely N-dealkylation sites (N-methyl/N-ethyl adjacent to an activating group) is 1. The van der Waals surface area contributed by atoms with E-state index in [9.17, 15) is 4.79 Å². The average Bonchev–Trinajstić information content (AvgIpc) is 3.35. The molecule has 0 N–H and O–H groups in total. The van der Waals surface area contributed by atoms with Gasteiger partial charge in [0.2, 0.25) is 0 Å². The largest absolute Gasteiger partial charge is 0.354 e. The van der Waals surface area contributed by atoms with E-state index in [0.29, 0.717) is 22.5 Å². The summed E-state index contributed by atoms with van der Waals surface area (Å²) in [7, 11) is 2.10. The number of hydrogen-bond acceptors (Lipinski definition) is 7. The number of rotatable bonds is 5. The lowest BCUT2D eigenvalue weighted by Gasteiger charge is -2.33. The van der Waals surface area contributed by atoms with Crippen molar-refractivity contribution in [1.82, 2.24) is 29.6 Å². The van der Waals surface area contributed by atoms with Gasteiger partial charge in [0.25, 0.3) is 0 Å². The predicted octanol–water partition coefficient (Wildman–Crippen LogP) is 2.60. The molecule has 4 aromatic heterocycles. The molecule has 0 spiro atoms. The lowest BCUT2D eigenvalue weighted by Crippen LogP contribution is -2.44. The number of piperazine rings is 1. The van der Waals surface area contributed by atoms with Crippen molar-refractivity contribution in [2.24, 2.45) is 6.98 Å². The van der Waals surface area contributed by atoms with Gasteiger partial charge in [0.15, 0.2) is 5.78 Å². The summed E-state index contributed by atoms with van der Waals surface area (Å²) in [6.45, 7) is 1.36. The van der Waals surface area contributed by atoms with E-state index < -0.39 is 6.98 Å². The Morgan fingerprint density at radius 1 is 1.03 bits per heavy atom. The van der Waals surface area contributed by atoms with Gasteiger partial charge in [-0.15, -0.1) is 0 Å². The molecule has 0 amide bonds. The molecule has 0 unspecified atom stereocenters. The first-order valence-electron chi connectivity index (χ1n) is 12.0. The Bertz CT molecular complexity index is 1380. The standard InChI is InChI=1S/C24H25N7O/c1-29-5-7-31(8-6-29)24-11-17(3-4-25-24)23(32)12-21-9-18-10-22(20-15-28-30(2)16-20)27-14-19(18)13-26-21/h3-4,9-11,13-16H,5-8,12H2,1-2H3/i2D3. The van der Waals surface area contributed by atoms with Crippen molar-refractivity contribution < 1.29 is 8.91 Å². The van der Waals surface area contributed by atoms with Crippen LogP contribution in [-0.2, 0) is 13.4 Å². The summed E-state index contributed by atoms with van der Waals surface area (Å²) in [4.78, 5) is 30.9. The molecule has 162 valence electrons. The zero-order valence-corrected chi connectivity index (χ0v) is 17.8. The van der Waals surface area contributed by atoms with Gasteiger partial charge in [0, 0.05) is 84.3 Å². The highest BCUT2D eigenvalue weighted by atomic mass is 16.1. The van der Waals surface area contributed by atoms with E-state index in [1.807, 2.05) is 18.2 Å². The van der Waals surface area contributed by atoms with E-state index in [1.54, 1.807) is 24.7 Å². The first kappa shape index (κ1) is 17.0. The molecular formula is C24H25N7O. The lowest BCUT2D eigenvalue weighted by molar-refractivity contribution is 0.0992. The van der Waals surface area contributed by atoms with Crippen LogP contribution in [0.5, 0.6) is 0 Å². The van der Waals surface area contributed by atoms with Gasteiger partial charge in [-0.25, -0.2) is 4.98 Å². The predicted molar refractivity (Wildman–Crippen MR) is 124 cm³/mol. The number of nitrogens with zero attached hydrogens (tertiary/aromatic N) is 7. The quantitative estimate of drug-likeness (QED) is 0.450. The minimum atomic E-state index is -2.34. The summed E-state index contributed by atoms with van der Waals surface area (Å²) in [6.07, 6.45) is 8.16. The number of pyridine rings is 3. The maximum Gasteiger partial charge on any atom is 0.169 e. The second kappa shape index (κ2) is 8.47. The molecule has 0 aromatic carbocycles. The van der Waals surface area contributed by atoms with Gasteiger partial charge in [0.05, 0.1) is 18.3 Å². The number of aromatic nitrogens is 5. The van der Waals surface area contributed by atoms with Crippen molar-refractivity contribution in [3.8, 4) is 11.3 Å². The molecule has 1 fully saturated rings. The summed E-state index contributed by atoms with van der Waals surface area (Å²) in [6, 6.07) is 7.33. The maximum absolute atomic E-state index is 13.1. The molecule has 1 saturated heterocycles. The molecule has 5 heterocycles. The number of aryl methyl sites for hydroxylation is 1. The average molecular weight is 431 g/mol. The molecule has 1 aliphatic heterocycles. The molecule has 8 nitrogen and oxygen atoms in total. The van der Waals surface area contributed by atoms with Crippen molar-refractivity contribution in [2.45, 2.75) is 6.42 Å². The van der Waals surface area contributed by atoms with Gasteiger partial charge in [-0.1, -0.05) is 0 Å². The second-order valence-corrected chi connectivity index (χ2v) is 8.06.